The summed E-state index contributed by atoms with van der Waals surface area (Å²) >= 11 is 23.6. The lowest BCUT2D eigenvalue weighted by molar-refractivity contribution is -0.160. The van der Waals surface area contributed by atoms with Crippen LogP contribution in [-0.2, 0) is 18.1 Å². The highest BCUT2D eigenvalue weighted by molar-refractivity contribution is 6.66. The molecule has 26 heavy (non-hydrogen) atoms. The lowest BCUT2D eigenvalue weighted by Crippen LogP contribution is -2.38. The highest BCUT2D eigenvalue weighted by Crippen LogP contribution is 2.40. The quantitative estimate of drug-likeness (QED) is 0.270. The van der Waals surface area contributed by atoms with Gasteiger partial charge in [-0.05, 0) is 45.7 Å². The molecule has 0 saturated heterocycles. The second kappa shape index (κ2) is 7.67. The largest absolute Gasteiger partial charge is 0.459 e. The van der Waals surface area contributed by atoms with E-state index in [9.17, 15) is 14.4 Å². The molecular formula is C18H18Cl4O4. The highest BCUT2D eigenvalue weighted by atomic mass is 35.6. The molecule has 0 bridgehead atoms. The minimum absolute atomic E-state index is 0.00372. The molecule has 1 fully saturated rings. The molecule has 0 aromatic heterocycles. The number of carbonyl (C=O) groups excluding carboxylic acids is 3. The predicted molar refractivity (Wildman–Crippen MR) is 102 cm³/mol. The average molecular weight is 440 g/mol. The van der Waals surface area contributed by atoms with E-state index < -0.39 is 32.8 Å². The first-order valence-electron chi connectivity index (χ1n) is 7.99. The Hall–Kier alpha value is -0.810. The number of ketones is 2. The van der Waals surface area contributed by atoms with Gasteiger partial charge in [0.1, 0.15) is 5.60 Å². The summed E-state index contributed by atoms with van der Waals surface area (Å²) in [5, 5.41) is -0.00372. The molecule has 1 atom stereocenters. The Balaban J connectivity index is 2.37. The number of Topliss-reactive ketones (excluding diaryl/α,β-unsaturated/α-hetero) is 2. The van der Waals surface area contributed by atoms with Crippen LogP contribution in [0.4, 0.5) is 0 Å². The van der Waals surface area contributed by atoms with E-state index in [0.29, 0.717) is 12.8 Å². The van der Waals surface area contributed by atoms with Crippen LogP contribution in [-0.4, -0.2) is 23.1 Å². The van der Waals surface area contributed by atoms with Crippen LogP contribution in [0.2, 0.25) is 5.02 Å². The van der Waals surface area contributed by atoms with Gasteiger partial charge in [0.15, 0.2) is 17.5 Å². The molecule has 1 unspecified atom stereocenters. The third kappa shape index (κ3) is 5.35. The van der Waals surface area contributed by atoms with Crippen molar-refractivity contribution >= 4 is 63.9 Å². The molecule has 0 heterocycles. The predicted octanol–water partition coefficient (Wildman–Crippen LogP) is 5.29. The van der Waals surface area contributed by atoms with Gasteiger partial charge < -0.3 is 4.74 Å². The minimum Gasteiger partial charge on any atom is -0.459 e. The molecule has 0 amide bonds. The molecule has 1 saturated carbocycles. The number of benzene rings is 1. The van der Waals surface area contributed by atoms with E-state index in [1.807, 2.05) is 0 Å². The number of esters is 1. The fourth-order valence-electron chi connectivity index (χ4n) is 2.36. The minimum atomic E-state index is -1.71. The van der Waals surface area contributed by atoms with Crippen LogP contribution in [0.1, 0.15) is 49.5 Å². The summed E-state index contributed by atoms with van der Waals surface area (Å²) in [6.07, 6.45) is 1.32. The lowest BCUT2D eigenvalue weighted by atomic mass is 9.90. The van der Waals surface area contributed by atoms with E-state index in [2.05, 4.69) is 0 Å². The van der Waals surface area contributed by atoms with Crippen molar-refractivity contribution in [3.05, 3.63) is 34.3 Å². The molecule has 1 aromatic rings. The topological polar surface area (TPSA) is 60.4 Å². The zero-order valence-corrected chi connectivity index (χ0v) is 17.5. The molecule has 142 valence electrons. The van der Waals surface area contributed by atoms with E-state index in [0.717, 1.165) is 0 Å². The van der Waals surface area contributed by atoms with E-state index in [1.165, 1.54) is 18.2 Å². The maximum Gasteiger partial charge on any atom is 0.325 e. The lowest BCUT2D eigenvalue weighted by Gasteiger charge is -2.23. The van der Waals surface area contributed by atoms with Gasteiger partial charge in [-0.3, -0.25) is 14.4 Å². The monoisotopic (exact) mass is 438 g/mol. The number of alkyl halides is 3. The Morgan fingerprint density at radius 1 is 1.12 bits per heavy atom. The summed E-state index contributed by atoms with van der Waals surface area (Å²) in [6, 6.07) is 4.09. The number of hydrogen-bond acceptors (Lipinski definition) is 4. The maximum atomic E-state index is 12.9. The number of ether oxygens (including phenoxy) is 1. The second-order valence-electron chi connectivity index (χ2n) is 7.20. The van der Waals surface area contributed by atoms with Crippen molar-refractivity contribution in [2.45, 2.75) is 43.0 Å². The summed E-state index contributed by atoms with van der Waals surface area (Å²) in [6.45, 7) is 4.99. The van der Waals surface area contributed by atoms with E-state index in [4.69, 9.17) is 51.1 Å². The van der Waals surface area contributed by atoms with Gasteiger partial charge in [-0.1, -0.05) is 52.5 Å². The molecular weight excluding hydrogens is 422 g/mol. The third-order valence-electron chi connectivity index (χ3n) is 3.73. The van der Waals surface area contributed by atoms with Crippen molar-refractivity contribution < 1.29 is 19.1 Å². The standard InChI is InChI=1S/C18H18Cl4O4/c1-17(2,3)26-16(25)13(14(23)9-4-5-9)15(24)11-7-6-10(8-12(11)19)18(20,21)22/h6-9,13H,4-5H2,1-3H3. The summed E-state index contributed by atoms with van der Waals surface area (Å²) < 4.78 is 3.56. The van der Waals surface area contributed by atoms with Crippen LogP contribution in [0, 0.1) is 11.8 Å². The van der Waals surface area contributed by atoms with Gasteiger partial charge in [0.2, 0.25) is 3.79 Å². The summed E-state index contributed by atoms with van der Waals surface area (Å²) in [5.41, 5.74) is -0.552. The number of carbonyl (C=O) groups is 3. The Morgan fingerprint density at radius 2 is 1.69 bits per heavy atom. The summed E-state index contributed by atoms with van der Waals surface area (Å²) in [5.74, 6) is -3.86. The first kappa shape index (κ1) is 21.5. The van der Waals surface area contributed by atoms with Crippen LogP contribution in [0.25, 0.3) is 0 Å². The average Bonchev–Trinajstić information content (AvgIpc) is 3.28. The molecule has 1 aromatic carbocycles. The smallest absolute Gasteiger partial charge is 0.325 e. The van der Waals surface area contributed by atoms with Crippen LogP contribution < -0.4 is 0 Å². The molecule has 0 radical (unpaired) electrons. The highest BCUT2D eigenvalue weighted by Gasteiger charge is 2.45. The SMILES string of the molecule is CC(C)(C)OC(=O)C(C(=O)c1ccc(C(Cl)(Cl)Cl)cc1Cl)C(=O)C1CC1. The first-order valence-corrected chi connectivity index (χ1v) is 9.50. The Bertz CT molecular complexity index is 743. The van der Waals surface area contributed by atoms with Crippen molar-refractivity contribution in [2.75, 3.05) is 0 Å². The van der Waals surface area contributed by atoms with Crippen LogP contribution in [0.15, 0.2) is 18.2 Å². The summed E-state index contributed by atoms with van der Waals surface area (Å²) in [4.78, 5) is 38.0. The fraction of sp³-hybridized carbons (Fsp3) is 0.500. The number of rotatable bonds is 5. The molecule has 0 spiro atoms. The van der Waals surface area contributed by atoms with Crippen molar-refractivity contribution in [1.82, 2.24) is 0 Å². The molecule has 1 aliphatic carbocycles. The van der Waals surface area contributed by atoms with Crippen molar-refractivity contribution in [2.24, 2.45) is 11.8 Å². The zero-order valence-electron chi connectivity index (χ0n) is 14.4. The van der Waals surface area contributed by atoms with E-state index in [-0.39, 0.29) is 22.1 Å². The van der Waals surface area contributed by atoms with Gasteiger partial charge in [-0.15, -0.1) is 0 Å². The molecule has 2 rings (SSSR count). The first-order chi connectivity index (χ1) is 11.8. The van der Waals surface area contributed by atoms with Crippen LogP contribution in [0.3, 0.4) is 0 Å². The van der Waals surface area contributed by atoms with Gasteiger partial charge in [0.25, 0.3) is 0 Å². The third-order valence-corrected chi connectivity index (χ3v) is 4.70. The van der Waals surface area contributed by atoms with Crippen LogP contribution in [0.5, 0.6) is 0 Å². The van der Waals surface area contributed by atoms with Gasteiger partial charge in [0.05, 0.1) is 5.02 Å². The van der Waals surface area contributed by atoms with E-state index >= 15 is 0 Å². The molecule has 1 aliphatic rings. The molecule has 0 N–H and O–H groups in total. The Kier molecular flexibility index (Phi) is 6.34. The maximum absolute atomic E-state index is 12.9. The number of halogens is 4. The fourth-order valence-corrected chi connectivity index (χ4v) is 2.99. The Morgan fingerprint density at radius 3 is 2.12 bits per heavy atom. The van der Waals surface area contributed by atoms with Crippen LogP contribution >= 0.6 is 46.4 Å². The summed E-state index contributed by atoms with van der Waals surface area (Å²) in [7, 11) is 0. The van der Waals surface area contributed by atoms with Gasteiger partial charge in [0, 0.05) is 17.0 Å². The van der Waals surface area contributed by atoms with Crippen molar-refractivity contribution in [1.29, 1.82) is 0 Å². The van der Waals surface area contributed by atoms with Gasteiger partial charge in [-0.2, -0.15) is 0 Å². The van der Waals surface area contributed by atoms with Crippen molar-refractivity contribution in [3.63, 3.8) is 0 Å². The Labute approximate surface area is 172 Å². The van der Waals surface area contributed by atoms with E-state index in [1.54, 1.807) is 20.8 Å². The normalized spacial score (nSPS) is 16.1. The number of hydrogen-bond donors (Lipinski definition) is 0. The second-order valence-corrected chi connectivity index (χ2v) is 9.89. The molecule has 4 nitrogen and oxygen atoms in total. The van der Waals surface area contributed by atoms with Crippen molar-refractivity contribution in [3.8, 4) is 0 Å². The molecule has 8 heteroatoms. The van der Waals surface area contributed by atoms with Gasteiger partial charge >= 0.3 is 5.97 Å². The van der Waals surface area contributed by atoms with Gasteiger partial charge in [-0.25, -0.2) is 0 Å². The molecule has 0 aliphatic heterocycles. The zero-order chi connectivity index (χ0) is 19.9.